The summed E-state index contributed by atoms with van der Waals surface area (Å²) >= 11 is 0. The van der Waals surface area contributed by atoms with Crippen molar-refractivity contribution in [3.63, 3.8) is 0 Å². The number of benzene rings is 2. The largest absolute Gasteiger partial charge is 0.352 e. The molecule has 142 valence electrons. The van der Waals surface area contributed by atoms with E-state index in [1.54, 1.807) is 6.07 Å². The van der Waals surface area contributed by atoms with E-state index in [4.69, 9.17) is 5.73 Å². The Bertz CT molecular complexity index is 736. The molecular formula is C20H28ClN3O2. The lowest BCUT2D eigenvalue weighted by molar-refractivity contribution is -0.122. The molecule has 0 aromatic heterocycles. The van der Waals surface area contributed by atoms with Crippen molar-refractivity contribution < 1.29 is 9.59 Å². The first-order chi connectivity index (χ1) is 12.0. The van der Waals surface area contributed by atoms with Crippen LogP contribution in [0.25, 0.3) is 10.8 Å². The Hall–Kier alpha value is -2.11. The van der Waals surface area contributed by atoms with E-state index in [-0.39, 0.29) is 36.2 Å². The van der Waals surface area contributed by atoms with E-state index < -0.39 is 0 Å². The first-order valence-electron chi connectivity index (χ1n) is 8.81. The van der Waals surface area contributed by atoms with Gasteiger partial charge in [-0.3, -0.25) is 9.59 Å². The van der Waals surface area contributed by atoms with Crippen molar-refractivity contribution in [3.8, 4) is 0 Å². The van der Waals surface area contributed by atoms with Gasteiger partial charge < -0.3 is 16.4 Å². The van der Waals surface area contributed by atoms with Gasteiger partial charge in [-0.25, -0.2) is 0 Å². The molecular weight excluding hydrogens is 350 g/mol. The molecule has 0 bridgehead atoms. The third kappa shape index (κ3) is 5.44. The number of amides is 2. The maximum absolute atomic E-state index is 12.3. The van der Waals surface area contributed by atoms with Crippen molar-refractivity contribution >= 4 is 35.0 Å². The maximum Gasteiger partial charge on any atom is 0.251 e. The number of hydrogen-bond donors (Lipinski definition) is 3. The van der Waals surface area contributed by atoms with Gasteiger partial charge in [0.1, 0.15) is 0 Å². The van der Waals surface area contributed by atoms with E-state index in [0.717, 1.165) is 23.6 Å². The van der Waals surface area contributed by atoms with Gasteiger partial charge in [-0.2, -0.15) is 0 Å². The first kappa shape index (κ1) is 21.9. The molecule has 26 heavy (non-hydrogen) atoms. The van der Waals surface area contributed by atoms with Gasteiger partial charge in [0.05, 0.1) is 5.54 Å². The van der Waals surface area contributed by atoms with Gasteiger partial charge in [-0.15, -0.1) is 12.4 Å². The van der Waals surface area contributed by atoms with E-state index in [1.807, 2.05) is 50.2 Å². The highest BCUT2D eigenvalue weighted by molar-refractivity contribution is 5.98. The zero-order valence-electron chi connectivity index (χ0n) is 15.4. The smallest absolute Gasteiger partial charge is 0.251 e. The van der Waals surface area contributed by atoms with Crippen LogP contribution in [-0.2, 0) is 4.79 Å². The van der Waals surface area contributed by atoms with Crippen molar-refractivity contribution in [2.75, 3.05) is 13.1 Å². The van der Waals surface area contributed by atoms with E-state index in [9.17, 15) is 9.59 Å². The summed E-state index contributed by atoms with van der Waals surface area (Å²) < 4.78 is 0. The van der Waals surface area contributed by atoms with Crippen molar-refractivity contribution in [3.05, 3.63) is 48.0 Å². The van der Waals surface area contributed by atoms with Crippen LogP contribution in [0.2, 0.25) is 0 Å². The van der Waals surface area contributed by atoms with E-state index in [0.29, 0.717) is 18.7 Å². The summed E-state index contributed by atoms with van der Waals surface area (Å²) in [7, 11) is 0. The Morgan fingerprint density at radius 3 is 2.31 bits per heavy atom. The SMILES string of the molecule is CCC(CC)(CN)NC(=O)CCNC(=O)c1ccc2ccccc2c1.Cl. The lowest BCUT2D eigenvalue weighted by atomic mass is 9.93. The van der Waals surface area contributed by atoms with Crippen molar-refractivity contribution in [2.45, 2.75) is 38.6 Å². The van der Waals surface area contributed by atoms with E-state index in [2.05, 4.69) is 10.6 Å². The molecule has 5 nitrogen and oxygen atoms in total. The van der Waals surface area contributed by atoms with Crippen molar-refractivity contribution in [1.29, 1.82) is 0 Å². The summed E-state index contributed by atoms with van der Waals surface area (Å²) in [5, 5.41) is 7.92. The summed E-state index contributed by atoms with van der Waals surface area (Å²) in [6.07, 6.45) is 1.81. The van der Waals surface area contributed by atoms with E-state index in [1.165, 1.54) is 0 Å². The molecule has 0 atom stereocenters. The highest BCUT2D eigenvalue weighted by Gasteiger charge is 2.25. The van der Waals surface area contributed by atoms with E-state index >= 15 is 0 Å². The molecule has 0 aliphatic heterocycles. The molecule has 0 fully saturated rings. The summed E-state index contributed by atoms with van der Waals surface area (Å²) in [5.41, 5.74) is 6.04. The average molecular weight is 378 g/mol. The van der Waals surface area contributed by atoms with Gasteiger partial charge in [0.2, 0.25) is 5.91 Å². The molecule has 0 spiro atoms. The maximum atomic E-state index is 12.3. The number of nitrogens with one attached hydrogen (secondary N) is 2. The first-order valence-corrected chi connectivity index (χ1v) is 8.81. The predicted octanol–water partition coefficient (Wildman–Crippen LogP) is 3.02. The monoisotopic (exact) mass is 377 g/mol. The van der Waals surface area contributed by atoms with Crippen LogP contribution in [0, 0.1) is 0 Å². The normalized spacial score (nSPS) is 10.9. The van der Waals surface area contributed by atoms with Gasteiger partial charge in [0.25, 0.3) is 5.91 Å². The number of carbonyl (C=O) groups is 2. The summed E-state index contributed by atoms with van der Waals surface area (Å²) in [6, 6.07) is 13.5. The minimum absolute atomic E-state index is 0. The van der Waals surface area contributed by atoms with Crippen molar-refractivity contribution in [1.82, 2.24) is 10.6 Å². The number of fused-ring (bicyclic) bond motifs is 1. The minimum Gasteiger partial charge on any atom is -0.352 e. The minimum atomic E-state index is -0.348. The number of rotatable bonds is 8. The molecule has 0 unspecified atom stereocenters. The lowest BCUT2D eigenvalue weighted by Crippen LogP contribution is -2.53. The molecule has 0 heterocycles. The molecule has 2 amide bonds. The van der Waals surface area contributed by atoms with Gasteiger partial charge in [-0.05, 0) is 35.7 Å². The Balaban J connectivity index is 0.00000338. The Kier molecular flexibility index (Phi) is 8.55. The third-order valence-corrected chi connectivity index (χ3v) is 4.80. The quantitative estimate of drug-likeness (QED) is 0.661. The number of carbonyl (C=O) groups excluding carboxylic acids is 2. The molecule has 2 aromatic rings. The molecule has 4 N–H and O–H groups in total. The Morgan fingerprint density at radius 2 is 1.69 bits per heavy atom. The van der Waals surface area contributed by atoms with Crippen LogP contribution in [0.3, 0.4) is 0 Å². The zero-order valence-corrected chi connectivity index (χ0v) is 16.2. The van der Waals surface area contributed by atoms with Crippen LogP contribution in [0.4, 0.5) is 0 Å². The van der Waals surface area contributed by atoms with Gasteiger partial charge in [0.15, 0.2) is 0 Å². The second-order valence-corrected chi connectivity index (χ2v) is 6.31. The predicted molar refractivity (Wildman–Crippen MR) is 109 cm³/mol. The average Bonchev–Trinajstić information content (AvgIpc) is 2.65. The molecule has 0 saturated carbocycles. The second kappa shape index (κ2) is 10.1. The lowest BCUT2D eigenvalue weighted by Gasteiger charge is -2.31. The highest BCUT2D eigenvalue weighted by atomic mass is 35.5. The van der Waals surface area contributed by atoms with Crippen LogP contribution in [-0.4, -0.2) is 30.4 Å². The third-order valence-electron chi connectivity index (χ3n) is 4.80. The number of hydrogen-bond acceptors (Lipinski definition) is 3. The van der Waals surface area contributed by atoms with Gasteiger partial charge >= 0.3 is 0 Å². The Morgan fingerprint density at radius 1 is 1.04 bits per heavy atom. The van der Waals surface area contributed by atoms with Crippen LogP contribution in [0.15, 0.2) is 42.5 Å². The molecule has 6 heteroatoms. The van der Waals surface area contributed by atoms with Crippen LogP contribution in [0.1, 0.15) is 43.5 Å². The molecule has 0 aliphatic carbocycles. The zero-order chi connectivity index (χ0) is 18.3. The fourth-order valence-electron chi connectivity index (χ4n) is 2.85. The molecule has 0 radical (unpaired) electrons. The molecule has 0 aliphatic rings. The van der Waals surface area contributed by atoms with Crippen LogP contribution in [0.5, 0.6) is 0 Å². The van der Waals surface area contributed by atoms with Gasteiger partial charge in [-0.1, -0.05) is 44.2 Å². The molecule has 2 aromatic carbocycles. The summed E-state index contributed by atoms with van der Waals surface area (Å²) in [5.74, 6) is -0.261. The van der Waals surface area contributed by atoms with Crippen LogP contribution < -0.4 is 16.4 Å². The topological polar surface area (TPSA) is 84.2 Å². The Labute approximate surface area is 161 Å². The fourth-order valence-corrected chi connectivity index (χ4v) is 2.85. The fraction of sp³-hybridized carbons (Fsp3) is 0.400. The molecule has 2 rings (SSSR count). The second-order valence-electron chi connectivity index (χ2n) is 6.31. The standard InChI is InChI=1S/C20H27N3O2.ClH/c1-3-20(4-2,14-21)23-18(24)11-12-22-19(25)17-10-9-15-7-5-6-8-16(15)13-17;/h5-10,13H,3-4,11-12,14,21H2,1-2H3,(H,22,25)(H,23,24);1H. The number of nitrogens with two attached hydrogens (primary N) is 1. The summed E-state index contributed by atoms with van der Waals surface area (Å²) in [6.45, 7) is 4.73. The highest BCUT2D eigenvalue weighted by Crippen LogP contribution is 2.16. The van der Waals surface area contributed by atoms with Crippen molar-refractivity contribution in [2.24, 2.45) is 5.73 Å². The summed E-state index contributed by atoms with van der Waals surface area (Å²) in [4.78, 5) is 24.4. The van der Waals surface area contributed by atoms with Crippen LogP contribution >= 0.6 is 12.4 Å². The number of halogens is 1. The van der Waals surface area contributed by atoms with Gasteiger partial charge in [0, 0.05) is 25.1 Å². The molecule has 0 saturated heterocycles.